The predicted molar refractivity (Wildman–Crippen MR) is 104 cm³/mol. The lowest BCUT2D eigenvalue weighted by molar-refractivity contribution is 0.0707. The minimum atomic E-state index is -0.165. The zero-order valence-corrected chi connectivity index (χ0v) is 15.9. The number of carbonyl (C=O) groups excluding carboxylic acids is 2. The van der Waals surface area contributed by atoms with Crippen molar-refractivity contribution in [2.75, 3.05) is 13.1 Å². The summed E-state index contributed by atoms with van der Waals surface area (Å²) in [6, 6.07) is 9.84. The van der Waals surface area contributed by atoms with E-state index >= 15 is 0 Å². The lowest BCUT2D eigenvalue weighted by Crippen LogP contribution is -2.49. The van der Waals surface area contributed by atoms with Crippen LogP contribution in [0.4, 0.5) is 4.79 Å². The number of hydrogen-bond donors (Lipinski definition) is 2. The molecule has 1 atom stereocenters. The van der Waals surface area contributed by atoms with E-state index < -0.39 is 0 Å². The van der Waals surface area contributed by atoms with E-state index in [-0.39, 0.29) is 24.0 Å². The maximum Gasteiger partial charge on any atom is 0.315 e. The van der Waals surface area contributed by atoms with Gasteiger partial charge in [0.2, 0.25) is 0 Å². The second-order valence-corrected chi connectivity index (χ2v) is 7.01. The Balaban J connectivity index is 1.44. The first kappa shape index (κ1) is 19.0. The minimum absolute atomic E-state index is 0.0178. The number of nitrogens with zero attached hydrogens (tertiary/aromatic N) is 1. The molecule has 1 aromatic carbocycles. The van der Waals surface area contributed by atoms with Crippen molar-refractivity contribution in [3.63, 3.8) is 0 Å². The summed E-state index contributed by atoms with van der Waals surface area (Å²) in [6.45, 7) is 5.36. The number of benzene rings is 1. The molecule has 1 saturated heterocycles. The number of rotatable bonds is 5. The predicted octanol–water partition coefficient (Wildman–Crippen LogP) is 3.51. The molecule has 0 bridgehead atoms. The summed E-state index contributed by atoms with van der Waals surface area (Å²) in [4.78, 5) is 26.4. The largest absolute Gasteiger partial charge is 0.472 e. The van der Waals surface area contributed by atoms with Gasteiger partial charge in [-0.3, -0.25) is 4.79 Å². The van der Waals surface area contributed by atoms with E-state index in [2.05, 4.69) is 41.8 Å². The first-order chi connectivity index (χ1) is 13.1. The summed E-state index contributed by atoms with van der Waals surface area (Å²) in [5, 5.41) is 6.02. The molecule has 0 spiro atoms. The Morgan fingerprint density at radius 3 is 2.48 bits per heavy atom. The standard InChI is InChI=1S/C21H27N3O3/c1-3-16-4-6-17(7-5-16)15(2)22-21(26)23-19-8-11-24(12-9-19)20(25)18-10-13-27-14-18/h4-7,10,13-15,19H,3,8-9,11-12H2,1-2H3,(H2,22,23,26). The van der Waals surface area contributed by atoms with E-state index in [0.717, 1.165) is 24.8 Å². The van der Waals surface area contributed by atoms with Gasteiger partial charge in [0, 0.05) is 19.1 Å². The van der Waals surface area contributed by atoms with Crippen LogP contribution in [0.1, 0.15) is 54.2 Å². The fraction of sp³-hybridized carbons (Fsp3) is 0.429. The van der Waals surface area contributed by atoms with Gasteiger partial charge in [-0.05, 0) is 43.4 Å². The molecule has 1 fully saturated rings. The Morgan fingerprint density at radius 2 is 1.89 bits per heavy atom. The number of furan rings is 1. The summed E-state index contributed by atoms with van der Waals surface area (Å²) < 4.78 is 4.97. The van der Waals surface area contributed by atoms with Crippen LogP contribution < -0.4 is 10.6 Å². The van der Waals surface area contributed by atoms with Crippen molar-refractivity contribution in [1.29, 1.82) is 0 Å². The number of aryl methyl sites for hydroxylation is 1. The molecule has 6 nitrogen and oxygen atoms in total. The molecule has 3 amide bonds. The van der Waals surface area contributed by atoms with Crippen molar-refractivity contribution in [3.8, 4) is 0 Å². The van der Waals surface area contributed by atoms with E-state index in [9.17, 15) is 9.59 Å². The minimum Gasteiger partial charge on any atom is -0.472 e. The zero-order valence-electron chi connectivity index (χ0n) is 15.9. The molecule has 1 unspecified atom stereocenters. The Kier molecular flexibility index (Phi) is 6.16. The van der Waals surface area contributed by atoms with Crippen LogP contribution in [0.15, 0.2) is 47.3 Å². The van der Waals surface area contributed by atoms with E-state index in [4.69, 9.17) is 4.42 Å². The molecule has 2 N–H and O–H groups in total. The molecule has 27 heavy (non-hydrogen) atoms. The van der Waals surface area contributed by atoms with E-state index in [1.54, 1.807) is 11.0 Å². The van der Waals surface area contributed by atoms with Crippen LogP contribution in [0.25, 0.3) is 0 Å². The van der Waals surface area contributed by atoms with Crippen LogP contribution >= 0.6 is 0 Å². The number of hydrogen-bond acceptors (Lipinski definition) is 3. The van der Waals surface area contributed by atoms with E-state index in [1.807, 2.05) is 6.92 Å². The highest BCUT2D eigenvalue weighted by molar-refractivity contribution is 5.93. The van der Waals surface area contributed by atoms with Crippen LogP contribution in [-0.4, -0.2) is 36.0 Å². The molecule has 2 heterocycles. The van der Waals surface area contributed by atoms with Gasteiger partial charge in [0.05, 0.1) is 17.9 Å². The van der Waals surface area contributed by atoms with Gasteiger partial charge >= 0.3 is 6.03 Å². The molecule has 0 radical (unpaired) electrons. The normalized spacial score (nSPS) is 16.0. The third-order valence-electron chi connectivity index (χ3n) is 5.12. The van der Waals surface area contributed by atoms with Gasteiger partial charge < -0.3 is 20.0 Å². The van der Waals surface area contributed by atoms with E-state index in [1.165, 1.54) is 18.1 Å². The van der Waals surface area contributed by atoms with Gasteiger partial charge in [-0.1, -0.05) is 31.2 Å². The molecule has 2 aromatic rings. The quantitative estimate of drug-likeness (QED) is 0.847. The fourth-order valence-corrected chi connectivity index (χ4v) is 3.34. The van der Waals surface area contributed by atoms with Crippen molar-refractivity contribution < 1.29 is 14.0 Å². The highest BCUT2D eigenvalue weighted by atomic mass is 16.3. The van der Waals surface area contributed by atoms with Crippen LogP contribution in [-0.2, 0) is 6.42 Å². The average molecular weight is 369 g/mol. The number of urea groups is 1. The molecule has 1 aromatic heterocycles. The molecular formula is C21H27N3O3. The molecule has 0 aliphatic carbocycles. The van der Waals surface area contributed by atoms with E-state index in [0.29, 0.717) is 18.7 Å². The van der Waals surface area contributed by atoms with Gasteiger partial charge in [0.25, 0.3) is 5.91 Å². The van der Waals surface area contributed by atoms with Crippen molar-refractivity contribution in [3.05, 3.63) is 59.5 Å². The number of nitrogens with one attached hydrogen (secondary N) is 2. The van der Waals surface area contributed by atoms with Gasteiger partial charge in [0.15, 0.2) is 0 Å². The second kappa shape index (κ2) is 8.75. The summed E-state index contributed by atoms with van der Waals surface area (Å²) in [7, 11) is 0. The molecule has 1 aliphatic rings. The second-order valence-electron chi connectivity index (χ2n) is 7.01. The Labute approximate surface area is 159 Å². The van der Waals surface area contributed by atoms with Crippen molar-refractivity contribution in [2.24, 2.45) is 0 Å². The summed E-state index contributed by atoms with van der Waals surface area (Å²) in [5.74, 6) is -0.0178. The number of piperidine rings is 1. The number of likely N-dealkylation sites (tertiary alicyclic amines) is 1. The summed E-state index contributed by atoms with van der Waals surface area (Å²) in [6.07, 6.45) is 5.47. The van der Waals surface area contributed by atoms with Crippen LogP contribution in [0.5, 0.6) is 0 Å². The summed E-state index contributed by atoms with van der Waals surface area (Å²) in [5.41, 5.74) is 2.94. The van der Waals surface area contributed by atoms with Crippen LogP contribution in [0.2, 0.25) is 0 Å². The van der Waals surface area contributed by atoms with Crippen molar-refractivity contribution >= 4 is 11.9 Å². The molecule has 6 heteroatoms. The molecule has 0 saturated carbocycles. The average Bonchev–Trinajstić information content (AvgIpc) is 3.23. The van der Waals surface area contributed by atoms with Gasteiger partial charge in [-0.15, -0.1) is 0 Å². The SMILES string of the molecule is CCc1ccc(C(C)NC(=O)NC2CCN(C(=O)c3ccoc3)CC2)cc1. The smallest absolute Gasteiger partial charge is 0.315 e. The number of amides is 3. The molecule has 144 valence electrons. The molecular weight excluding hydrogens is 342 g/mol. The third-order valence-corrected chi connectivity index (χ3v) is 5.12. The fourth-order valence-electron chi connectivity index (χ4n) is 3.34. The first-order valence-electron chi connectivity index (χ1n) is 9.54. The lowest BCUT2D eigenvalue weighted by Gasteiger charge is -2.32. The first-order valence-corrected chi connectivity index (χ1v) is 9.54. The van der Waals surface area contributed by atoms with Gasteiger partial charge in [-0.2, -0.15) is 0 Å². The third kappa shape index (κ3) is 4.90. The highest BCUT2D eigenvalue weighted by Gasteiger charge is 2.25. The topological polar surface area (TPSA) is 74.6 Å². The van der Waals surface area contributed by atoms with Crippen LogP contribution in [0.3, 0.4) is 0 Å². The van der Waals surface area contributed by atoms with Crippen LogP contribution in [0, 0.1) is 0 Å². The maximum absolute atomic E-state index is 12.3. The van der Waals surface area contributed by atoms with Crippen molar-refractivity contribution in [1.82, 2.24) is 15.5 Å². The number of carbonyl (C=O) groups is 2. The van der Waals surface area contributed by atoms with Gasteiger partial charge in [0.1, 0.15) is 6.26 Å². The Morgan fingerprint density at radius 1 is 1.19 bits per heavy atom. The maximum atomic E-state index is 12.3. The summed E-state index contributed by atoms with van der Waals surface area (Å²) >= 11 is 0. The Hall–Kier alpha value is -2.76. The lowest BCUT2D eigenvalue weighted by atomic mass is 10.0. The van der Waals surface area contributed by atoms with Crippen molar-refractivity contribution in [2.45, 2.75) is 45.2 Å². The monoisotopic (exact) mass is 369 g/mol. The zero-order chi connectivity index (χ0) is 19.2. The highest BCUT2D eigenvalue weighted by Crippen LogP contribution is 2.16. The molecule has 1 aliphatic heterocycles. The van der Waals surface area contributed by atoms with Gasteiger partial charge in [-0.25, -0.2) is 4.79 Å². The molecule has 3 rings (SSSR count). The Bertz CT molecular complexity index is 747.